The average molecular weight is 288 g/mol. The van der Waals surface area contributed by atoms with Crippen LogP contribution in [0.3, 0.4) is 0 Å². The van der Waals surface area contributed by atoms with Gasteiger partial charge in [-0.3, -0.25) is 4.21 Å². The van der Waals surface area contributed by atoms with Crippen molar-refractivity contribution >= 4 is 26.5 Å². The number of hydrogen-bond acceptors (Lipinski definition) is 4. The van der Waals surface area contributed by atoms with Gasteiger partial charge in [0.15, 0.2) is 0 Å². The van der Waals surface area contributed by atoms with E-state index in [9.17, 15) is 12.6 Å². The summed E-state index contributed by atoms with van der Waals surface area (Å²) in [6.07, 6.45) is 2.40. The van der Waals surface area contributed by atoms with E-state index >= 15 is 0 Å². The molecule has 0 fully saturated rings. The summed E-state index contributed by atoms with van der Waals surface area (Å²) in [7, 11) is -4.48. The third-order valence-corrected chi connectivity index (χ3v) is 5.02. The largest absolute Gasteiger partial charge is 0.384 e. The Morgan fingerprint density at radius 1 is 1.44 bits per heavy atom. The van der Waals surface area contributed by atoms with Gasteiger partial charge in [0.1, 0.15) is 0 Å². The number of sulfonamides is 1. The summed E-state index contributed by atoms with van der Waals surface area (Å²) in [5.41, 5.74) is 2.03. The first-order chi connectivity index (χ1) is 8.49. The van der Waals surface area contributed by atoms with E-state index in [1.54, 1.807) is 24.5 Å². The quantitative estimate of drug-likeness (QED) is 0.818. The smallest absolute Gasteiger partial charge is 0.240 e. The molecular formula is C11H16N2O3S2. The highest BCUT2D eigenvalue weighted by atomic mass is 32.2. The molecule has 1 aliphatic heterocycles. The van der Waals surface area contributed by atoms with E-state index in [-0.39, 0.29) is 11.4 Å². The first-order valence-corrected chi connectivity index (χ1v) is 8.86. The third kappa shape index (κ3) is 3.09. The van der Waals surface area contributed by atoms with Crippen molar-refractivity contribution in [3.8, 4) is 0 Å². The molecule has 0 bridgehead atoms. The number of rotatable bonds is 5. The van der Waals surface area contributed by atoms with E-state index in [0.29, 0.717) is 5.75 Å². The van der Waals surface area contributed by atoms with Gasteiger partial charge in [0, 0.05) is 41.6 Å². The molecule has 5 nitrogen and oxygen atoms in total. The SMILES string of the molecule is CS(=O)CCNS(=O)(=O)c1ccc2c(c1)CCN2. The van der Waals surface area contributed by atoms with E-state index in [0.717, 1.165) is 24.2 Å². The summed E-state index contributed by atoms with van der Waals surface area (Å²) in [6.45, 7) is 1.04. The molecule has 2 rings (SSSR count). The van der Waals surface area contributed by atoms with Crippen molar-refractivity contribution in [1.29, 1.82) is 0 Å². The highest BCUT2D eigenvalue weighted by molar-refractivity contribution is 7.89. The minimum atomic E-state index is -3.49. The zero-order chi connectivity index (χ0) is 13.2. The molecule has 1 aliphatic rings. The first-order valence-electron chi connectivity index (χ1n) is 5.65. The molecule has 1 unspecified atom stereocenters. The van der Waals surface area contributed by atoms with Crippen LogP contribution >= 0.6 is 0 Å². The molecule has 1 aromatic carbocycles. The van der Waals surface area contributed by atoms with Gasteiger partial charge >= 0.3 is 0 Å². The summed E-state index contributed by atoms with van der Waals surface area (Å²) >= 11 is 0. The lowest BCUT2D eigenvalue weighted by Gasteiger charge is -2.07. The second-order valence-electron chi connectivity index (χ2n) is 4.17. The zero-order valence-electron chi connectivity index (χ0n) is 10.1. The molecule has 0 radical (unpaired) electrons. The normalized spacial score (nSPS) is 16.1. The minimum absolute atomic E-state index is 0.195. The fourth-order valence-corrected chi connectivity index (χ4v) is 3.45. The van der Waals surface area contributed by atoms with E-state index in [1.807, 2.05) is 0 Å². The van der Waals surface area contributed by atoms with Crippen LogP contribution < -0.4 is 10.0 Å². The summed E-state index contributed by atoms with van der Waals surface area (Å²) in [5.74, 6) is 0.325. The second kappa shape index (κ2) is 5.38. The van der Waals surface area contributed by atoms with Gasteiger partial charge in [-0.05, 0) is 30.2 Å². The van der Waals surface area contributed by atoms with Crippen LogP contribution in [0.1, 0.15) is 5.56 Å². The van der Waals surface area contributed by atoms with Gasteiger partial charge in [0.25, 0.3) is 0 Å². The van der Waals surface area contributed by atoms with Crippen LogP contribution in [0.5, 0.6) is 0 Å². The Bertz CT molecular complexity index is 570. The monoisotopic (exact) mass is 288 g/mol. The number of hydrogen-bond donors (Lipinski definition) is 2. The number of benzene rings is 1. The molecule has 1 heterocycles. The fourth-order valence-electron chi connectivity index (χ4n) is 1.85. The molecule has 100 valence electrons. The molecular weight excluding hydrogens is 272 g/mol. The van der Waals surface area contributed by atoms with Crippen molar-refractivity contribution in [3.05, 3.63) is 23.8 Å². The average Bonchev–Trinajstić information content (AvgIpc) is 2.74. The lowest BCUT2D eigenvalue weighted by molar-refractivity contribution is 0.584. The Morgan fingerprint density at radius 2 is 2.22 bits per heavy atom. The van der Waals surface area contributed by atoms with Crippen molar-refractivity contribution in [3.63, 3.8) is 0 Å². The van der Waals surface area contributed by atoms with Gasteiger partial charge in [-0.2, -0.15) is 0 Å². The van der Waals surface area contributed by atoms with Crippen LogP contribution in [0.25, 0.3) is 0 Å². The molecule has 1 atom stereocenters. The van der Waals surface area contributed by atoms with Crippen LogP contribution in [0.15, 0.2) is 23.1 Å². The molecule has 7 heteroatoms. The van der Waals surface area contributed by atoms with Gasteiger partial charge in [0.05, 0.1) is 4.90 Å². The number of nitrogens with one attached hydrogen (secondary N) is 2. The lowest BCUT2D eigenvalue weighted by Crippen LogP contribution is -2.27. The highest BCUT2D eigenvalue weighted by Gasteiger charge is 2.17. The van der Waals surface area contributed by atoms with E-state index < -0.39 is 20.8 Å². The van der Waals surface area contributed by atoms with E-state index in [4.69, 9.17) is 0 Å². The lowest BCUT2D eigenvalue weighted by atomic mass is 10.2. The minimum Gasteiger partial charge on any atom is -0.384 e. The van der Waals surface area contributed by atoms with Gasteiger partial charge in [-0.15, -0.1) is 0 Å². The van der Waals surface area contributed by atoms with Crippen LogP contribution in [0.4, 0.5) is 5.69 Å². The molecule has 0 amide bonds. The standard InChI is InChI=1S/C11H16N2O3S2/c1-17(14)7-6-13-18(15,16)10-2-3-11-9(8-10)4-5-12-11/h2-3,8,12-13H,4-7H2,1H3. The summed E-state index contributed by atoms with van der Waals surface area (Å²) in [5, 5.41) is 3.18. The van der Waals surface area contributed by atoms with Crippen molar-refractivity contribution in [2.75, 3.05) is 30.4 Å². The van der Waals surface area contributed by atoms with Gasteiger partial charge in [-0.1, -0.05) is 0 Å². The highest BCUT2D eigenvalue weighted by Crippen LogP contribution is 2.24. The van der Waals surface area contributed by atoms with Crippen molar-refractivity contribution in [2.45, 2.75) is 11.3 Å². The Kier molecular flexibility index (Phi) is 4.04. The van der Waals surface area contributed by atoms with Crippen molar-refractivity contribution in [2.24, 2.45) is 0 Å². The maximum absolute atomic E-state index is 12.0. The van der Waals surface area contributed by atoms with Crippen LogP contribution in [-0.4, -0.2) is 37.7 Å². The Labute approximate surface area is 109 Å². The first kappa shape index (κ1) is 13.5. The second-order valence-corrected chi connectivity index (χ2v) is 7.49. The van der Waals surface area contributed by atoms with E-state index in [2.05, 4.69) is 10.0 Å². The summed E-state index contributed by atoms with van der Waals surface area (Å²) in [4.78, 5) is 0.270. The van der Waals surface area contributed by atoms with Crippen LogP contribution in [0.2, 0.25) is 0 Å². The molecule has 2 N–H and O–H groups in total. The predicted octanol–water partition coefficient (Wildman–Crippen LogP) is 0.311. The topological polar surface area (TPSA) is 75.3 Å². The molecule has 1 aromatic rings. The molecule has 0 aliphatic carbocycles. The van der Waals surface area contributed by atoms with E-state index in [1.165, 1.54) is 0 Å². The molecule has 0 saturated carbocycles. The van der Waals surface area contributed by atoms with Gasteiger partial charge in [-0.25, -0.2) is 13.1 Å². The predicted molar refractivity (Wildman–Crippen MR) is 72.8 cm³/mol. The fraction of sp³-hybridized carbons (Fsp3) is 0.455. The molecule has 0 saturated heterocycles. The van der Waals surface area contributed by atoms with Gasteiger partial charge < -0.3 is 5.32 Å². The molecule has 0 aromatic heterocycles. The number of fused-ring (bicyclic) bond motifs is 1. The number of anilines is 1. The molecule has 0 spiro atoms. The maximum atomic E-state index is 12.0. The molecule has 18 heavy (non-hydrogen) atoms. The van der Waals surface area contributed by atoms with Crippen molar-refractivity contribution < 1.29 is 12.6 Å². The van der Waals surface area contributed by atoms with Gasteiger partial charge in [0.2, 0.25) is 10.0 Å². The van der Waals surface area contributed by atoms with Crippen molar-refractivity contribution in [1.82, 2.24) is 4.72 Å². The van der Waals surface area contributed by atoms with Crippen LogP contribution in [-0.2, 0) is 27.2 Å². The Hall–Kier alpha value is -0.920. The third-order valence-electron chi connectivity index (χ3n) is 2.78. The summed E-state index contributed by atoms with van der Waals surface area (Å²) < 4.78 is 37.3. The Morgan fingerprint density at radius 3 is 2.94 bits per heavy atom. The summed E-state index contributed by atoms with van der Waals surface area (Å²) in [6, 6.07) is 5.07. The zero-order valence-corrected chi connectivity index (χ0v) is 11.7. The maximum Gasteiger partial charge on any atom is 0.240 e. The van der Waals surface area contributed by atoms with Crippen LogP contribution in [0, 0.1) is 0 Å². The Balaban J connectivity index is 2.12.